The molecule has 1 aromatic carbocycles. The number of rotatable bonds is 7. The van der Waals surface area contributed by atoms with E-state index in [0.717, 1.165) is 11.3 Å². The molecule has 1 saturated heterocycles. The molecule has 1 aliphatic heterocycles. The molecule has 0 bridgehead atoms. The maximum Gasteiger partial charge on any atom is 0.414 e. The summed E-state index contributed by atoms with van der Waals surface area (Å²) >= 11 is 0. The molecule has 2 N–H and O–H groups in total. The van der Waals surface area contributed by atoms with E-state index in [-0.39, 0.29) is 23.7 Å². The second-order valence-corrected chi connectivity index (χ2v) is 7.86. The van der Waals surface area contributed by atoms with E-state index in [0.29, 0.717) is 32.7 Å². The number of cyclic esters (lactones) is 1. The van der Waals surface area contributed by atoms with Gasteiger partial charge in [-0.25, -0.2) is 4.79 Å². The Kier molecular flexibility index (Phi) is 5.28. The summed E-state index contributed by atoms with van der Waals surface area (Å²) in [7, 11) is 0. The minimum Gasteiger partial charge on any atom is -0.447 e. The van der Waals surface area contributed by atoms with E-state index in [1.807, 2.05) is 31.2 Å². The average Bonchev–Trinajstić information content (AvgIpc) is 3.05. The molecule has 3 unspecified atom stereocenters. The topological polar surface area (TPSA) is 71.0 Å². The number of hydrogen-bond acceptors (Lipinski definition) is 5. The molecule has 3 atom stereocenters. The van der Waals surface area contributed by atoms with Crippen molar-refractivity contribution in [2.45, 2.75) is 51.9 Å². The van der Waals surface area contributed by atoms with Crippen molar-refractivity contribution in [1.82, 2.24) is 5.32 Å². The highest BCUT2D eigenvalue weighted by Crippen LogP contribution is 2.51. The fourth-order valence-electron chi connectivity index (χ4n) is 3.77. The van der Waals surface area contributed by atoms with Gasteiger partial charge >= 0.3 is 6.09 Å². The molecular weight excluding hydrogens is 332 g/mol. The predicted molar refractivity (Wildman–Crippen MR) is 100 cm³/mol. The van der Waals surface area contributed by atoms with Crippen molar-refractivity contribution in [2.75, 3.05) is 31.2 Å². The van der Waals surface area contributed by atoms with Gasteiger partial charge in [-0.3, -0.25) is 4.90 Å². The van der Waals surface area contributed by atoms with Crippen LogP contribution in [0.1, 0.15) is 45.7 Å². The summed E-state index contributed by atoms with van der Waals surface area (Å²) in [6.45, 7) is 10.4. The molecule has 0 radical (unpaired) electrons. The SMILES string of the molecule is CCOC1CC(O)(CNC(C)c2ccc(N3CCOC3=O)cc2)C1(C)C. The van der Waals surface area contributed by atoms with Crippen LogP contribution in [-0.2, 0) is 9.47 Å². The van der Waals surface area contributed by atoms with Gasteiger partial charge in [0.2, 0.25) is 0 Å². The molecule has 0 spiro atoms. The van der Waals surface area contributed by atoms with Crippen LogP contribution in [0.3, 0.4) is 0 Å². The Balaban J connectivity index is 1.57. The van der Waals surface area contributed by atoms with E-state index in [1.165, 1.54) is 0 Å². The highest BCUT2D eigenvalue weighted by Gasteiger charge is 2.59. The lowest BCUT2D eigenvalue weighted by Gasteiger charge is -2.58. The normalized spacial score (nSPS) is 28.6. The summed E-state index contributed by atoms with van der Waals surface area (Å²) in [6.07, 6.45) is 0.472. The second kappa shape index (κ2) is 7.18. The predicted octanol–water partition coefficient (Wildman–Crippen LogP) is 2.86. The maximum absolute atomic E-state index is 11.6. The number of amides is 1. The lowest BCUT2D eigenvalue weighted by Crippen LogP contribution is -2.68. The largest absolute Gasteiger partial charge is 0.447 e. The second-order valence-electron chi connectivity index (χ2n) is 7.86. The van der Waals surface area contributed by atoms with Gasteiger partial charge in [-0.1, -0.05) is 26.0 Å². The first-order chi connectivity index (χ1) is 12.3. The van der Waals surface area contributed by atoms with Gasteiger partial charge in [0.1, 0.15) is 6.61 Å². The van der Waals surface area contributed by atoms with Crippen molar-refractivity contribution in [3.63, 3.8) is 0 Å². The number of benzene rings is 1. The monoisotopic (exact) mass is 362 g/mol. The first-order valence-corrected chi connectivity index (χ1v) is 9.40. The molecule has 1 heterocycles. The van der Waals surface area contributed by atoms with Crippen LogP contribution in [-0.4, -0.2) is 49.2 Å². The van der Waals surface area contributed by atoms with Crippen LogP contribution in [0.15, 0.2) is 24.3 Å². The third-order valence-electron chi connectivity index (χ3n) is 6.06. The third-order valence-corrected chi connectivity index (χ3v) is 6.06. The number of anilines is 1. The van der Waals surface area contributed by atoms with Crippen molar-refractivity contribution < 1.29 is 19.4 Å². The van der Waals surface area contributed by atoms with Gasteiger partial charge in [0.15, 0.2) is 0 Å². The minimum atomic E-state index is -0.764. The van der Waals surface area contributed by atoms with Gasteiger partial charge in [-0.05, 0) is 31.5 Å². The summed E-state index contributed by atoms with van der Waals surface area (Å²) in [5.74, 6) is 0. The Morgan fingerprint density at radius 3 is 2.62 bits per heavy atom. The van der Waals surface area contributed by atoms with Gasteiger partial charge in [0.25, 0.3) is 0 Å². The van der Waals surface area contributed by atoms with E-state index in [4.69, 9.17) is 9.47 Å². The van der Waals surface area contributed by atoms with Crippen molar-refractivity contribution in [3.05, 3.63) is 29.8 Å². The van der Waals surface area contributed by atoms with Crippen LogP contribution in [0.4, 0.5) is 10.5 Å². The van der Waals surface area contributed by atoms with Gasteiger partial charge < -0.3 is 19.9 Å². The molecule has 1 aromatic rings. The van der Waals surface area contributed by atoms with Crippen molar-refractivity contribution >= 4 is 11.8 Å². The zero-order chi connectivity index (χ0) is 18.9. The highest BCUT2D eigenvalue weighted by molar-refractivity contribution is 5.89. The maximum atomic E-state index is 11.6. The average molecular weight is 362 g/mol. The van der Waals surface area contributed by atoms with Crippen LogP contribution in [0, 0.1) is 5.41 Å². The molecule has 2 aliphatic rings. The quantitative estimate of drug-likeness (QED) is 0.780. The fourth-order valence-corrected chi connectivity index (χ4v) is 3.77. The van der Waals surface area contributed by atoms with Gasteiger partial charge in [-0.2, -0.15) is 0 Å². The van der Waals surface area contributed by atoms with E-state index >= 15 is 0 Å². The Bertz CT molecular complexity index is 646. The molecule has 6 nitrogen and oxygen atoms in total. The van der Waals surface area contributed by atoms with Crippen molar-refractivity contribution in [2.24, 2.45) is 5.41 Å². The van der Waals surface area contributed by atoms with Crippen molar-refractivity contribution in [3.8, 4) is 0 Å². The molecule has 0 aromatic heterocycles. The number of nitrogens with zero attached hydrogens (tertiary/aromatic N) is 1. The van der Waals surface area contributed by atoms with Gasteiger partial charge in [0, 0.05) is 36.7 Å². The third kappa shape index (κ3) is 3.33. The first-order valence-electron chi connectivity index (χ1n) is 9.40. The molecule has 26 heavy (non-hydrogen) atoms. The number of aliphatic hydroxyl groups is 1. The highest BCUT2D eigenvalue weighted by atomic mass is 16.6. The Labute approximate surface area is 155 Å². The standard InChI is InChI=1S/C20H30N2O4/c1-5-25-17-12-20(24,19(17,3)4)13-21-14(2)15-6-8-16(9-7-15)22-10-11-26-18(22)23/h6-9,14,17,21,24H,5,10-13H2,1-4H3. The number of carbonyl (C=O) groups is 1. The van der Waals surface area contributed by atoms with Crippen LogP contribution in [0.25, 0.3) is 0 Å². The summed E-state index contributed by atoms with van der Waals surface area (Å²) in [5.41, 5.74) is 0.931. The lowest BCUT2D eigenvalue weighted by atomic mass is 9.56. The molecule has 2 fully saturated rings. The lowest BCUT2D eigenvalue weighted by molar-refractivity contribution is -0.238. The molecule has 3 rings (SSSR count). The summed E-state index contributed by atoms with van der Waals surface area (Å²) in [5, 5.41) is 14.4. The summed E-state index contributed by atoms with van der Waals surface area (Å²) < 4.78 is 10.7. The van der Waals surface area contributed by atoms with E-state index in [1.54, 1.807) is 4.90 Å². The molecule has 1 aliphatic carbocycles. The van der Waals surface area contributed by atoms with Crippen LogP contribution < -0.4 is 10.2 Å². The van der Waals surface area contributed by atoms with Crippen LogP contribution >= 0.6 is 0 Å². The molecule has 6 heteroatoms. The van der Waals surface area contributed by atoms with Crippen LogP contribution in [0.2, 0.25) is 0 Å². The Morgan fingerprint density at radius 2 is 2.08 bits per heavy atom. The summed E-state index contributed by atoms with van der Waals surface area (Å²) in [4.78, 5) is 13.3. The molecule has 144 valence electrons. The van der Waals surface area contributed by atoms with Crippen molar-refractivity contribution in [1.29, 1.82) is 0 Å². The first kappa shape index (κ1) is 19.1. The van der Waals surface area contributed by atoms with E-state index in [9.17, 15) is 9.90 Å². The zero-order valence-electron chi connectivity index (χ0n) is 16.1. The fraction of sp³-hybridized carbons (Fsp3) is 0.650. The molecule has 1 amide bonds. The number of hydrogen-bond donors (Lipinski definition) is 2. The smallest absolute Gasteiger partial charge is 0.414 e. The molecule has 1 saturated carbocycles. The van der Waals surface area contributed by atoms with Gasteiger partial charge in [0.05, 0.1) is 18.2 Å². The van der Waals surface area contributed by atoms with Gasteiger partial charge in [-0.15, -0.1) is 0 Å². The number of carbonyl (C=O) groups excluding carboxylic acids is 1. The van der Waals surface area contributed by atoms with E-state index in [2.05, 4.69) is 26.1 Å². The zero-order valence-corrected chi connectivity index (χ0v) is 16.1. The Hall–Kier alpha value is -1.63. The Morgan fingerprint density at radius 1 is 1.38 bits per heavy atom. The van der Waals surface area contributed by atoms with Crippen LogP contribution in [0.5, 0.6) is 0 Å². The number of ether oxygens (including phenoxy) is 2. The molecular formula is C20H30N2O4. The minimum absolute atomic E-state index is 0.0977. The van der Waals surface area contributed by atoms with E-state index < -0.39 is 5.60 Å². The number of nitrogens with one attached hydrogen (secondary N) is 1. The summed E-state index contributed by atoms with van der Waals surface area (Å²) in [6, 6.07) is 8.00.